The average molecular weight is 124 g/mol. The summed E-state index contributed by atoms with van der Waals surface area (Å²) in [5, 5.41) is 3.44. The summed E-state index contributed by atoms with van der Waals surface area (Å²) in [5.41, 5.74) is 0. The van der Waals surface area contributed by atoms with Gasteiger partial charge in [-0.3, -0.25) is 5.32 Å². The van der Waals surface area contributed by atoms with Crippen molar-refractivity contribution >= 4 is 0 Å². The molecule has 50 valence electrons. The number of rotatable bonds is 0. The Morgan fingerprint density at radius 2 is 2.56 bits per heavy atom. The topological polar surface area (TPSA) is 15.3 Å². The van der Waals surface area contributed by atoms with Crippen LogP contribution in [0.25, 0.3) is 0 Å². The summed E-state index contributed by atoms with van der Waals surface area (Å²) in [5.74, 6) is 0. The summed E-state index contributed by atoms with van der Waals surface area (Å²) in [4.78, 5) is 2.38. The molecule has 2 rings (SSSR count). The standard InChI is InChI=1S/C7H12N2/c1-3-7-8-4-2-6-9(7)5-1/h1,5,7-8H,2-4,6H2. The van der Waals surface area contributed by atoms with Gasteiger partial charge in [0, 0.05) is 13.0 Å². The Balaban J connectivity index is 2.03. The normalized spacial score (nSPS) is 32.9. The van der Waals surface area contributed by atoms with E-state index in [1.807, 2.05) is 0 Å². The Morgan fingerprint density at radius 1 is 1.56 bits per heavy atom. The van der Waals surface area contributed by atoms with E-state index < -0.39 is 0 Å². The second-order valence-electron chi connectivity index (χ2n) is 2.68. The number of nitrogens with one attached hydrogen (secondary N) is 1. The summed E-state index contributed by atoms with van der Waals surface area (Å²) < 4.78 is 0. The maximum Gasteiger partial charge on any atom is 0.0825 e. The van der Waals surface area contributed by atoms with Crippen LogP contribution in [0.4, 0.5) is 0 Å². The van der Waals surface area contributed by atoms with Gasteiger partial charge >= 0.3 is 0 Å². The van der Waals surface area contributed by atoms with Crippen LogP contribution < -0.4 is 5.32 Å². The first-order chi connectivity index (χ1) is 4.47. The Bertz CT molecular complexity index is 131. The van der Waals surface area contributed by atoms with Crippen LogP contribution in [0.15, 0.2) is 12.3 Å². The highest BCUT2D eigenvalue weighted by Gasteiger charge is 2.20. The van der Waals surface area contributed by atoms with Gasteiger partial charge in [-0.2, -0.15) is 0 Å². The molecular weight excluding hydrogens is 112 g/mol. The highest BCUT2D eigenvalue weighted by Crippen LogP contribution is 2.14. The largest absolute Gasteiger partial charge is 0.362 e. The lowest BCUT2D eigenvalue weighted by Crippen LogP contribution is -2.46. The molecule has 2 heterocycles. The minimum Gasteiger partial charge on any atom is -0.362 e. The van der Waals surface area contributed by atoms with Gasteiger partial charge in [-0.15, -0.1) is 0 Å². The van der Waals surface area contributed by atoms with E-state index in [-0.39, 0.29) is 0 Å². The fraction of sp³-hybridized carbons (Fsp3) is 0.714. The van der Waals surface area contributed by atoms with E-state index >= 15 is 0 Å². The van der Waals surface area contributed by atoms with Gasteiger partial charge in [0.2, 0.25) is 0 Å². The molecule has 0 saturated carbocycles. The van der Waals surface area contributed by atoms with Crippen LogP contribution in [0.2, 0.25) is 0 Å². The maximum absolute atomic E-state index is 3.44. The summed E-state index contributed by atoms with van der Waals surface area (Å²) in [6.07, 6.45) is 7.57. The Kier molecular flexibility index (Phi) is 1.19. The molecule has 1 atom stereocenters. The zero-order valence-corrected chi connectivity index (χ0v) is 5.51. The molecule has 1 saturated heterocycles. The van der Waals surface area contributed by atoms with Crippen molar-refractivity contribution in [2.75, 3.05) is 13.1 Å². The number of hydrogen-bond acceptors (Lipinski definition) is 2. The van der Waals surface area contributed by atoms with Gasteiger partial charge in [0.15, 0.2) is 0 Å². The molecule has 0 aromatic rings. The lowest BCUT2D eigenvalue weighted by atomic mass is 10.2. The van der Waals surface area contributed by atoms with Crippen LogP contribution in [0.3, 0.4) is 0 Å². The van der Waals surface area contributed by atoms with Crippen molar-refractivity contribution < 1.29 is 0 Å². The molecule has 0 spiro atoms. The third-order valence-corrected chi connectivity index (χ3v) is 2.03. The third kappa shape index (κ3) is 0.833. The van der Waals surface area contributed by atoms with Crippen molar-refractivity contribution in [3.05, 3.63) is 12.3 Å². The lowest BCUT2D eigenvalue weighted by Gasteiger charge is -2.31. The first-order valence-electron chi connectivity index (χ1n) is 3.62. The maximum atomic E-state index is 3.44. The molecule has 9 heavy (non-hydrogen) atoms. The molecule has 0 aromatic carbocycles. The fourth-order valence-corrected chi connectivity index (χ4v) is 1.53. The smallest absolute Gasteiger partial charge is 0.0825 e. The Hall–Kier alpha value is -0.500. The van der Waals surface area contributed by atoms with E-state index in [1.165, 1.54) is 25.9 Å². The molecule has 2 nitrogen and oxygen atoms in total. The molecular formula is C7H12N2. The number of fused-ring (bicyclic) bond motifs is 1. The molecule has 1 fully saturated rings. The van der Waals surface area contributed by atoms with Gasteiger partial charge in [-0.05, 0) is 19.2 Å². The van der Waals surface area contributed by atoms with Crippen LogP contribution in [-0.4, -0.2) is 24.2 Å². The van der Waals surface area contributed by atoms with Crippen LogP contribution in [-0.2, 0) is 0 Å². The molecule has 1 N–H and O–H groups in total. The summed E-state index contributed by atoms with van der Waals surface area (Å²) >= 11 is 0. The van der Waals surface area contributed by atoms with Gasteiger partial charge in [-0.1, -0.05) is 6.08 Å². The number of nitrogens with zero attached hydrogens (tertiary/aromatic N) is 1. The van der Waals surface area contributed by atoms with Gasteiger partial charge in [-0.25, -0.2) is 0 Å². The zero-order chi connectivity index (χ0) is 6.10. The Morgan fingerprint density at radius 3 is 3.44 bits per heavy atom. The predicted octanol–water partition coefficient (Wildman–Crippen LogP) is 0.525. The van der Waals surface area contributed by atoms with Gasteiger partial charge in [0.1, 0.15) is 0 Å². The van der Waals surface area contributed by atoms with Crippen molar-refractivity contribution in [1.82, 2.24) is 10.2 Å². The summed E-state index contributed by atoms with van der Waals surface area (Å²) in [7, 11) is 0. The van der Waals surface area contributed by atoms with Gasteiger partial charge in [0.05, 0.1) is 6.17 Å². The molecule has 2 aliphatic heterocycles. The minimum absolute atomic E-state index is 0.638. The molecule has 0 aromatic heterocycles. The fourth-order valence-electron chi connectivity index (χ4n) is 1.53. The average Bonchev–Trinajstić information content (AvgIpc) is 2.33. The summed E-state index contributed by atoms with van der Waals surface area (Å²) in [6.45, 7) is 2.44. The van der Waals surface area contributed by atoms with E-state index in [0.717, 1.165) is 0 Å². The molecule has 0 bridgehead atoms. The van der Waals surface area contributed by atoms with Crippen molar-refractivity contribution in [1.29, 1.82) is 0 Å². The molecule has 2 aliphatic rings. The highest BCUT2D eigenvalue weighted by atomic mass is 15.3. The van der Waals surface area contributed by atoms with Crippen LogP contribution in [0.1, 0.15) is 12.8 Å². The van der Waals surface area contributed by atoms with E-state index in [2.05, 4.69) is 22.5 Å². The second kappa shape index (κ2) is 2.03. The van der Waals surface area contributed by atoms with E-state index in [9.17, 15) is 0 Å². The molecule has 0 amide bonds. The highest BCUT2D eigenvalue weighted by molar-refractivity contribution is 4.98. The van der Waals surface area contributed by atoms with Crippen LogP contribution in [0, 0.1) is 0 Å². The number of hydrogen-bond donors (Lipinski definition) is 1. The van der Waals surface area contributed by atoms with E-state index in [0.29, 0.717) is 6.17 Å². The molecule has 1 unspecified atom stereocenters. The molecule has 0 aliphatic carbocycles. The lowest BCUT2D eigenvalue weighted by molar-refractivity contribution is 0.212. The SMILES string of the molecule is C1=CN2CCCNC2C1. The third-order valence-electron chi connectivity index (χ3n) is 2.03. The van der Waals surface area contributed by atoms with E-state index in [4.69, 9.17) is 0 Å². The quantitative estimate of drug-likeness (QED) is 0.506. The monoisotopic (exact) mass is 124 g/mol. The first kappa shape index (κ1) is 5.30. The van der Waals surface area contributed by atoms with Gasteiger partial charge < -0.3 is 4.90 Å². The second-order valence-corrected chi connectivity index (χ2v) is 2.68. The minimum atomic E-state index is 0.638. The van der Waals surface area contributed by atoms with Crippen LogP contribution >= 0.6 is 0 Å². The van der Waals surface area contributed by atoms with Crippen LogP contribution in [0.5, 0.6) is 0 Å². The summed E-state index contributed by atoms with van der Waals surface area (Å²) in [6, 6.07) is 0. The van der Waals surface area contributed by atoms with Crippen molar-refractivity contribution in [3.63, 3.8) is 0 Å². The molecule has 0 radical (unpaired) electrons. The predicted molar refractivity (Wildman–Crippen MR) is 36.9 cm³/mol. The van der Waals surface area contributed by atoms with Crippen molar-refractivity contribution in [2.24, 2.45) is 0 Å². The zero-order valence-electron chi connectivity index (χ0n) is 5.51. The Labute approximate surface area is 55.5 Å². The van der Waals surface area contributed by atoms with Crippen molar-refractivity contribution in [2.45, 2.75) is 19.0 Å². The molecule has 2 heteroatoms. The van der Waals surface area contributed by atoms with E-state index in [1.54, 1.807) is 0 Å². The first-order valence-corrected chi connectivity index (χ1v) is 3.62. The van der Waals surface area contributed by atoms with Crippen molar-refractivity contribution in [3.8, 4) is 0 Å². The van der Waals surface area contributed by atoms with Gasteiger partial charge in [0.25, 0.3) is 0 Å².